The summed E-state index contributed by atoms with van der Waals surface area (Å²) in [7, 11) is -0.562. The molecule has 0 aliphatic carbocycles. The van der Waals surface area contributed by atoms with Crippen molar-refractivity contribution in [3.8, 4) is 0 Å². The highest BCUT2D eigenvalue weighted by Gasteiger charge is 2.41. The Labute approximate surface area is 266 Å². The van der Waals surface area contributed by atoms with Gasteiger partial charge in [0.2, 0.25) is 0 Å². The molecule has 4 atom stereocenters. The van der Waals surface area contributed by atoms with Crippen LogP contribution in [0.3, 0.4) is 0 Å². The van der Waals surface area contributed by atoms with E-state index in [2.05, 4.69) is 157 Å². The zero-order valence-electron chi connectivity index (χ0n) is 25.5. The van der Waals surface area contributed by atoms with Crippen LogP contribution in [0.5, 0.6) is 0 Å². The molecular formula is C41H43NP2. The molecule has 1 nitrogen and oxygen atoms in total. The third-order valence-corrected chi connectivity index (χ3v) is 16.6. The van der Waals surface area contributed by atoms with Gasteiger partial charge in [0.05, 0.1) is 0 Å². The van der Waals surface area contributed by atoms with Gasteiger partial charge in [0.25, 0.3) is 0 Å². The molecule has 222 valence electrons. The topological polar surface area (TPSA) is 3.24 Å². The van der Waals surface area contributed by atoms with Crippen molar-refractivity contribution in [2.45, 2.75) is 54.9 Å². The highest BCUT2D eigenvalue weighted by atomic mass is 31.1. The van der Waals surface area contributed by atoms with Crippen molar-refractivity contribution < 1.29 is 0 Å². The third kappa shape index (κ3) is 6.77. The van der Waals surface area contributed by atoms with Gasteiger partial charge in [0.15, 0.2) is 0 Å². The molecule has 44 heavy (non-hydrogen) atoms. The molecule has 2 fully saturated rings. The second-order valence-corrected chi connectivity index (χ2v) is 17.6. The van der Waals surface area contributed by atoms with Crippen molar-refractivity contribution in [1.82, 2.24) is 4.90 Å². The van der Waals surface area contributed by atoms with Crippen LogP contribution in [0.2, 0.25) is 0 Å². The second kappa shape index (κ2) is 14.3. The largest absolute Gasteiger partial charge is 0.291 e. The van der Waals surface area contributed by atoms with Crippen molar-refractivity contribution in [2.24, 2.45) is 0 Å². The van der Waals surface area contributed by atoms with E-state index in [1.54, 1.807) is 22.3 Å². The maximum Gasteiger partial charge on any atom is 0.0241 e. The van der Waals surface area contributed by atoms with Crippen LogP contribution in [0.4, 0.5) is 0 Å². The summed E-state index contributed by atoms with van der Waals surface area (Å²) in [4.78, 5) is 2.92. The van der Waals surface area contributed by atoms with Gasteiger partial charge in [-0.2, -0.15) is 0 Å². The van der Waals surface area contributed by atoms with Crippen LogP contribution in [0.1, 0.15) is 76.1 Å². The molecule has 2 aliphatic rings. The van der Waals surface area contributed by atoms with Crippen LogP contribution >= 0.6 is 15.8 Å². The van der Waals surface area contributed by atoms with Crippen molar-refractivity contribution in [2.75, 3.05) is 12.6 Å². The van der Waals surface area contributed by atoms with Gasteiger partial charge in [-0.15, -0.1) is 0 Å². The summed E-state index contributed by atoms with van der Waals surface area (Å²) in [6, 6.07) is 57.1. The molecule has 2 saturated heterocycles. The highest BCUT2D eigenvalue weighted by Crippen LogP contribution is 2.73. The minimum atomic E-state index is -0.281. The fourth-order valence-corrected chi connectivity index (χ4v) is 15.0. The van der Waals surface area contributed by atoms with E-state index in [9.17, 15) is 0 Å². The zero-order valence-corrected chi connectivity index (χ0v) is 27.3. The SMILES string of the molecule is c1ccc(CN(CP2[C@H](c3ccccc3)CC[C@H]2c2ccccc2)CP2[C@H](c3ccccc3)CC[C@H]2c2ccccc2)cc1. The van der Waals surface area contributed by atoms with Crippen LogP contribution < -0.4 is 0 Å². The van der Waals surface area contributed by atoms with Crippen LogP contribution in [0, 0.1) is 0 Å². The Morgan fingerprint density at radius 2 is 0.659 bits per heavy atom. The maximum absolute atomic E-state index is 2.92. The Hall–Kier alpha value is -3.08. The Kier molecular flexibility index (Phi) is 9.66. The van der Waals surface area contributed by atoms with Crippen LogP contribution in [-0.4, -0.2) is 17.5 Å². The van der Waals surface area contributed by atoms with Gasteiger partial charge in [0.1, 0.15) is 0 Å². The lowest BCUT2D eigenvalue weighted by molar-refractivity contribution is 0.361. The van der Waals surface area contributed by atoms with Gasteiger partial charge >= 0.3 is 0 Å². The predicted octanol–water partition coefficient (Wildman–Crippen LogP) is 11.9. The number of rotatable bonds is 10. The minimum Gasteiger partial charge on any atom is -0.291 e. The first-order valence-electron chi connectivity index (χ1n) is 16.3. The van der Waals surface area contributed by atoms with Crippen LogP contribution in [0.25, 0.3) is 0 Å². The van der Waals surface area contributed by atoms with Gasteiger partial charge in [-0.05, 0) is 53.5 Å². The monoisotopic (exact) mass is 611 g/mol. The molecule has 0 amide bonds. The summed E-state index contributed by atoms with van der Waals surface area (Å²) >= 11 is 0. The lowest BCUT2D eigenvalue weighted by atomic mass is 10.0. The van der Waals surface area contributed by atoms with E-state index >= 15 is 0 Å². The Morgan fingerprint density at radius 1 is 0.386 bits per heavy atom. The van der Waals surface area contributed by atoms with E-state index in [0.29, 0.717) is 22.6 Å². The molecule has 5 aromatic rings. The lowest BCUT2D eigenvalue weighted by Gasteiger charge is -2.37. The van der Waals surface area contributed by atoms with Gasteiger partial charge in [-0.1, -0.05) is 168 Å². The molecule has 2 heterocycles. The maximum atomic E-state index is 2.92. The predicted molar refractivity (Wildman–Crippen MR) is 191 cm³/mol. The molecule has 0 saturated carbocycles. The first-order chi connectivity index (χ1) is 21.8. The molecule has 0 bridgehead atoms. The van der Waals surface area contributed by atoms with E-state index in [4.69, 9.17) is 0 Å². The first kappa shape index (κ1) is 29.6. The Balaban J connectivity index is 1.25. The summed E-state index contributed by atoms with van der Waals surface area (Å²) in [5.74, 6) is 0. The summed E-state index contributed by atoms with van der Waals surface area (Å²) in [6.45, 7) is 1.03. The third-order valence-electron chi connectivity index (χ3n) is 9.74. The van der Waals surface area contributed by atoms with Crippen molar-refractivity contribution in [3.05, 3.63) is 179 Å². The van der Waals surface area contributed by atoms with Gasteiger partial charge in [0, 0.05) is 41.8 Å². The molecular weight excluding hydrogens is 568 g/mol. The fraction of sp³-hybridized carbons (Fsp3) is 0.268. The van der Waals surface area contributed by atoms with E-state index in [1.165, 1.54) is 43.8 Å². The quantitative estimate of drug-likeness (QED) is 0.142. The summed E-state index contributed by atoms with van der Waals surface area (Å²) in [6.07, 6.45) is 7.58. The average molecular weight is 612 g/mol. The molecule has 2 aliphatic heterocycles. The van der Waals surface area contributed by atoms with E-state index < -0.39 is 0 Å². The molecule has 0 radical (unpaired) electrons. The van der Waals surface area contributed by atoms with Crippen LogP contribution in [-0.2, 0) is 6.54 Å². The highest BCUT2D eigenvalue weighted by molar-refractivity contribution is 7.59. The smallest absolute Gasteiger partial charge is 0.0241 e. The van der Waals surface area contributed by atoms with Gasteiger partial charge in [-0.3, -0.25) is 4.90 Å². The first-order valence-corrected chi connectivity index (χ1v) is 19.6. The average Bonchev–Trinajstić information content (AvgIpc) is 3.71. The molecule has 5 aromatic carbocycles. The second-order valence-electron chi connectivity index (χ2n) is 12.5. The number of hydrogen-bond acceptors (Lipinski definition) is 1. The van der Waals surface area contributed by atoms with Crippen molar-refractivity contribution in [3.63, 3.8) is 0 Å². The van der Waals surface area contributed by atoms with Gasteiger partial charge < -0.3 is 0 Å². The fourth-order valence-electron chi connectivity index (χ4n) is 7.70. The number of hydrogen-bond donors (Lipinski definition) is 0. The molecule has 0 aromatic heterocycles. The van der Waals surface area contributed by atoms with Gasteiger partial charge in [-0.25, -0.2) is 0 Å². The molecule has 0 N–H and O–H groups in total. The van der Waals surface area contributed by atoms with Crippen LogP contribution in [0.15, 0.2) is 152 Å². The minimum absolute atomic E-state index is 0.281. The van der Waals surface area contributed by atoms with Crippen molar-refractivity contribution in [1.29, 1.82) is 0 Å². The van der Waals surface area contributed by atoms with E-state index in [0.717, 1.165) is 6.54 Å². The van der Waals surface area contributed by atoms with Crippen molar-refractivity contribution >= 4 is 15.8 Å². The zero-order chi connectivity index (χ0) is 29.6. The molecule has 7 rings (SSSR count). The summed E-state index contributed by atoms with van der Waals surface area (Å²) in [5, 5.41) is 0. The lowest BCUT2D eigenvalue weighted by Crippen LogP contribution is -2.26. The normalized spacial score (nSPS) is 22.5. The van der Waals surface area contributed by atoms with E-state index in [-0.39, 0.29) is 15.8 Å². The Bertz CT molecular complexity index is 1370. The molecule has 0 unspecified atom stereocenters. The standard InChI is InChI=1S/C41H43NP2/c1-6-16-33(17-7-1)30-42(31-43-38(34-18-8-2-9-19-34)26-27-39(43)35-20-10-3-11-21-35)32-44-40(36-22-12-4-13-23-36)28-29-41(44)37-24-14-5-15-25-37/h1-25,38-41H,26-32H2/t38-,39-,40-,41-/m0/s1. The summed E-state index contributed by atoms with van der Waals surface area (Å²) < 4.78 is 0. The molecule has 3 heteroatoms. The van der Waals surface area contributed by atoms with E-state index in [1.807, 2.05) is 0 Å². The number of benzene rings is 5. The Morgan fingerprint density at radius 3 is 0.955 bits per heavy atom. The summed E-state index contributed by atoms with van der Waals surface area (Å²) in [5.41, 5.74) is 10.2. The number of nitrogens with zero attached hydrogens (tertiary/aromatic N) is 1. The molecule has 0 spiro atoms.